The molecule has 0 aliphatic rings. The average molecular weight is 202 g/mol. The molecule has 1 nitrogen and oxygen atoms in total. The van der Waals surface area contributed by atoms with Crippen molar-refractivity contribution in [1.29, 1.82) is 0 Å². The fourth-order valence-corrected chi connectivity index (χ4v) is 1.60. The smallest absolute Gasteiger partial charge is 0.0508 e. The summed E-state index contributed by atoms with van der Waals surface area (Å²) in [5.41, 5.74) is 6.44. The molecule has 3 heteroatoms. The molecule has 1 unspecified atom stereocenters. The lowest BCUT2D eigenvalue weighted by Crippen LogP contribution is -2.07. The summed E-state index contributed by atoms with van der Waals surface area (Å²) >= 11 is 11.8. The van der Waals surface area contributed by atoms with Gasteiger partial charge in [-0.15, -0.1) is 6.58 Å². The maximum absolute atomic E-state index is 5.89. The number of hydrogen-bond donors (Lipinski definition) is 1. The second kappa shape index (κ2) is 3.94. The zero-order valence-electron chi connectivity index (χ0n) is 6.43. The van der Waals surface area contributed by atoms with E-state index in [0.29, 0.717) is 10.0 Å². The van der Waals surface area contributed by atoms with Crippen molar-refractivity contribution in [3.63, 3.8) is 0 Å². The fourth-order valence-electron chi connectivity index (χ4n) is 0.947. The second-order valence-corrected chi connectivity index (χ2v) is 3.21. The van der Waals surface area contributed by atoms with Crippen molar-refractivity contribution in [2.24, 2.45) is 5.73 Å². The Bertz CT molecular complexity index is 276. The highest BCUT2D eigenvalue weighted by Gasteiger charge is 2.09. The molecule has 0 aromatic heterocycles. The molecule has 0 saturated carbocycles. The number of rotatable bonds is 2. The van der Waals surface area contributed by atoms with E-state index in [1.165, 1.54) is 0 Å². The summed E-state index contributed by atoms with van der Waals surface area (Å²) in [6, 6.07) is 4.99. The van der Waals surface area contributed by atoms with Crippen LogP contribution >= 0.6 is 23.2 Å². The molecule has 1 rings (SSSR count). The fraction of sp³-hybridized carbons (Fsp3) is 0.111. The van der Waals surface area contributed by atoms with Gasteiger partial charge in [0.05, 0.1) is 6.04 Å². The van der Waals surface area contributed by atoms with Crippen molar-refractivity contribution in [3.8, 4) is 0 Å². The molecule has 2 N–H and O–H groups in total. The minimum atomic E-state index is -0.300. The van der Waals surface area contributed by atoms with E-state index in [4.69, 9.17) is 28.9 Å². The Morgan fingerprint density at radius 1 is 1.33 bits per heavy atom. The van der Waals surface area contributed by atoms with Crippen molar-refractivity contribution >= 4 is 23.2 Å². The summed E-state index contributed by atoms with van der Waals surface area (Å²) in [6.45, 7) is 3.58. The lowest BCUT2D eigenvalue weighted by atomic mass is 10.1. The monoisotopic (exact) mass is 201 g/mol. The van der Waals surface area contributed by atoms with Crippen molar-refractivity contribution in [1.82, 2.24) is 0 Å². The van der Waals surface area contributed by atoms with Crippen molar-refractivity contribution in [3.05, 3.63) is 46.5 Å². The number of halogens is 2. The lowest BCUT2D eigenvalue weighted by molar-refractivity contribution is 0.915. The molecular formula is C9H9Cl2N. The van der Waals surface area contributed by atoms with Crippen LogP contribution in [0, 0.1) is 0 Å². The molecule has 0 bridgehead atoms. The van der Waals surface area contributed by atoms with Gasteiger partial charge >= 0.3 is 0 Å². The zero-order chi connectivity index (χ0) is 9.14. The van der Waals surface area contributed by atoms with Gasteiger partial charge in [0.1, 0.15) is 0 Å². The highest BCUT2D eigenvalue weighted by Crippen LogP contribution is 2.29. The second-order valence-electron chi connectivity index (χ2n) is 2.40. The summed E-state index contributed by atoms with van der Waals surface area (Å²) in [5, 5.41) is 1.16. The van der Waals surface area contributed by atoms with Gasteiger partial charge in [-0.1, -0.05) is 35.3 Å². The van der Waals surface area contributed by atoms with E-state index in [2.05, 4.69) is 6.58 Å². The Hall–Kier alpha value is -0.500. The van der Waals surface area contributed by atoms with Crippen LogP contribution in [0.2, 0.25) is 10.0 Å². The van der Waals surface area contributed by atoms with E-state index in [9.17, 15) is 0 Å². The minimum absolute atomic E-state index is 0.300. The Balaban J connectivity index is 3.20. The molecule has 0 radical (unpaired) electrons. The van der Waals surface area contributed by atoms with E-state index in [0.717, 1.165) is 5.56 Å². The van der Waals surface area contributed by atoms with Crippen LogP contribution in [0.3, 0.4) is 0 Å². The van der Waals surface area contributed by atoms with Gasteiger partial charge < -0.3 is 5.73 Å². The van der Waals surface area contributed by atoms with Crippen LogP contribution in [0.4, 0.5) is 0 Å². The summed E-state index contributed by atoms with van der Waals surface area (Å²) < 4.78 is 0. The molecule has 1 aromatic carbocycles. The first-order chi connectivity index (χ1) is 5.66. The minimum Gasteiger partial charge on any atom is -0.321 e. The SMILES string of the molecule is C=CC(N)c1c(Cl)cccc1Cl. The Kier molecular flexibility index (Phi) is 3.15. The molecule has 0 fully saturated rings. The van der Waals surface area contributed by atoms with Crippen LogP contribution in [0.1, 0.15) is 11.6 Å². The first-order valence-corrected chi connectivity index (χ1v) is 4.24. The summed E-state index contributed by atoms with van der Waals surface area (Å²) in [4.78, 5) is 0. The van der Waals surface area contributed by atoms with Gasteiger partial charge in [-0.2, -0.15) is 0 Å². The van der Waals surface area contributed by atoms with Crippen LogP contribution in [-0.4, -0.2) is 0 Å². The largest absolute Gasteiger partial charge is 0.321 e. The van der Waals surface area contributed by atoms with E-state index >= 15 is 0 Å². The molecule has 0 amide bonds. The first-order valence-electron chi connectivity index (χ1n) is 3.49. The van der Waals surface area contributed by atoms with E-state index in [1.807, 2.05) is 0 Å². The molecule has 0 saturated heterocycles. The normalized spacial score (nSPS) is 12.6. The maximum atomic E-state index is 5.89. The number of benzene rings is 1. The lowest BCUT2D eigenvalue weighted by Gasteiger charge is -2.10. The first kappa shape index (κ1) is 9.59. The van der Waals surface area contributed by atoms with Crippen LogP contribution in [0.15, 0.2) is 30.9 Å². The van der Waals surface area contributed by atoms with Crippen molar-refractivity contribution < 1.29 is 0 Å². The highest BCUT2D eigenvalue weighted by atomic mass is 35.5. The third-order valence-corrected chi connectivity index (χ3v) is 2.25. The maximum Gasteiger partial charge on any atom is 0.0508 e. The molecule has 0 aliphatic heterocycles. The van der Waals surface area contributed by atoms with Crippen LogP contribution in [0.25, 0.3) is 0 Å². The molecule has 0 aliphatic carbocycles. The van der Waals surface area contributed by atoms with Crippen LogP contribution in [-0.2, 0) is 0 Å². The predicted octanol–water partition coefficient (Wildman–Crippen LogP) is 3.18. The summed E-state index contributed by atoms with van der Waals surface area (Å²) in [6.07, 6.45) is 1.60. The predicted molar refractivity (Wildman–Crippen MR) is 53.6 cm³/mol. The summed E-state index contributed by atoms with van der Waals surface area (Å²) in [5.74, 6) is 0. The van der Waals surface area contributed by atoms with E-state index < -0.39 is 0 Å². The number of hydrogen-bond acceptors (Lipinski definition) is 1. The van der Waals surface area contributed by atoms with Gasteiger partial charge in [-0.25, -0.2) is 0 Å². The topological polar surface area (TPSA) is 26.0 Å². The third kappa shape index (κ3) is 1.81. The Morgan fingerprint density at radius 3 is 2.25 bits per heavy atom. The average Bonchev–Trinajstić information content (AvgIpc) is 2.03. The Labute approximate surface area is 81.8 Å². The quantitative estimate of drug-likeness (QED) is 0.732. The molecular weight excluding hydrogens is 193 g/mol. The van der Waals surface area contributed by atoms with Crippen molar-refractivity contribution in [2.75, 3.05) is 0 Å². The third-order valence-electron chi connectivity index (χ3n) is 1.59. The van der Waals surface area contributed by atoms with Gasteiger partial charge in [0, 0.05) is 15.6 Å². The summed E-state index contributed by atoms with van der Waals surface area (Å²) in [7, 11) is 0. The zero-order valence-corrected chi connectivity index (χ0v) is 7.94. The molecule has 12 heavy (non-hydrogen) atoms. The van der Waals surface area contributed by atoms with Gasteiger partial charge in [-0.05, 0) is 12.1 Å². The van der Waals surface area contributed by atoms with E-state index in [-0.39, 0.29) is 6.04 Å². The molecule has 1 aromatic rings. The molecule has 0 spiro atoms. The van der Waals surface area contributed by atoms with Crippen molar-refractivity contribution in [2.45, 2.75) is 6.04 Å². The molecule has 64 valence electrons. The van der Waals surface area contributed by atoms with Gasteiger partial charge in [-0.3, -0.25) is 0 Å². The van der Waals surface area contributed by atoms with Gasteiger partial charge in [0.25, 0.3) is 0 Å². The van der Waals surface area contributed by atoms with Crippen LogP contribution in [0.5, 0.6) is 0 Å². The van der Waals surface area contributed by atoms with Crippen LogP contribution < -0.4 is 5.73 Å². The molecule has 1 atom stereocenters. The Morgan fingerprint density at radius 2 is 1.83 bits per heavy atom. The highest BCUT2D eigenvalue weighted by molar-refractivity contribution is 6.36. The number of nitrogens with two attached hydrogens (primary N) is 1. The molecule has 0 heterocycles. The van der Waals surface area contributed by atoms with Gasteiger partial charge in [0.15, 0.2) is 0 Å². The standard InChI is InChI=1S/C9H9Cl2N/c1-2-8(12)9-6(10)4-3-5-7(9)11/h2-5,8H,1,12H2. The van der Waals surface area contributed by atoms with E-state index in [1.54, 1.807) is 24.3 Å². The van der Waals surface area contributed by atoms with Gasteiger partial charge in [0.2, 0.25) is 0 Å².